The first-order valence-corrected chi connectivity index (χ1v) is 11.6. The molecule has 0 aliphatic carbocycles. The van der Waals surface area contributed by atoms with E-state index >= 15 is 0 Å². The largest absolute Gasteiger partial charge is 0.469 e. The van der Waals surface area contributed by atoms with E-state index < -0.39 is 8.32 Å². The molecule has 0 aromatic rings. The van der Waals surface area contributed by atoms with Gasteiger partial charge >= 0.3 is 5.97 Å². The molecule has 0 bridgehead atoms. The maximum Gasteiger partial charge on any atom is 0.305 e. The Hall–Kier alpha value is -0.573. The first-order valence-electron chi connectivity index (χ1n) is 7.60. The molecular weight excluding hydrogens is 360 g/mol. The zero-order chi connectivity index (χ0) is 17.2. The molecule has 5 heteroatoms. The van der Waals surface area contributed by atoms with Gasteiger partial charge in [0.25, 0.3) is 0 Å². The van der Waals surface area contributed by atoms with E-state index in [1.165, 1.54) is 7.11 Å². The number of carbonyl (C=O) groups excluding carboxylic acids is 1. The van der Waals surface area contributed by atoms with Crippen LogP contribution in [-0.2, 0) is 14.0 Å². The van der Waals surface area contributed by atoms with Gasteiger partial charge in [-0.25, -0.2) is 0 Å². The summed E-state index contributed by atoms with van der Waals surface area (Å²) in [5.74, 6) is 6.03. The molecule has 22 heavy (non-hydrogen) atoms. The Morgan fingerprint density at radius 1 is 1.36 bits per heavy atom. The average molecular weight is 389 g/mol. The lowest BCUT2D eigenvalue weighted by atomic mass is 10.1. The van der Waals surface area contributed by atoms with Crippen LogP contribution < -0.4 is 0 Å². The van der Waals surface area contributed by atoms with Gasteiger partial charge in [-0.15, -0.1) is 0 Å². The van der Waals surface area contributed by atoms with Gasteiger partial charge in [-0.1, -0.05) is 54.6 Å². The Morgan fingerprint density at radius 3 is 2.50 bits per heavy atom. The van der Waals surface area contributed by atoms with Gasteiger partial charge in [0.2, 0.25) is 0 Å². The van der Waals surface area contributed by atoms with Crippen LogP contribution in [0.1, 0.15) is 40.0 Å². The minimum atomic E-state index is -1.87. The first kappa shape index (κ1) is 21.4. The van der Waals surface area contributed by atoms with E-state index in [-0.39, 0.29) is 17.1 Å². The van der Waals surface area contributed by atoms with Crippen LogP contribution in [0.25, 0.3) is 0 Å². The Morgan fingerprint density at radius 2 is 2.00 bits per heavy atom. The normalized spacial score (nSPS) is 13.6. The molecule has 0 spiro atoms. The molecule has 0 saturated heterocycles. The third-order valence-electron chi connectivity index (χ3n) is 3.85. The topological polar surface area (TPSA) is 35.5 Å². The smallest absolute Gasteiger partial charge is 0.305 e. The van der Waals surface area contributed by atoms with Gasteiger partial charge in [0.05, 0.1) is 7.11 Å². The average Bonchev–Trinajstić information content (AvgIpc) is 2.41. The van der Waals surface area contributed by atoms with E-state index in [1.54, 1.807) is 0 Å². The second-order valence-electron chi connectivity index (χ2n) is 6.68. The summed E-state index contributed by atoms with van der Waals surface area (Å²) < 4.78 is 11.0. The molecule has 0 rings (SSSR count). The highest BCUT2D eigenvalue weighted by Gasteiger charge is 2.38. The van der Waals surface area contributed by atoms with Crippen molar-refractivity contribution >= 4 is 30.2 Å². The molecule has 0 heterocycles. The summed E-state index contributed by atoms with van der Waals surface area (Å²) in [6.07, 6.45) is 5.53. The van der Waals surface area contributed by atoms with Gasteiger partial charge in [-0.3, -0.25) is 4.79 Å². The number of allylic oxidation sites excluding steroid dienone is 2. The highest BCUT2D eigenvalue weighted by molar-refractivity contribution is 9.09. The van der Waals surface area contributed by atoms with Crippen molar-refractivity contribution in [1.82, 2.24) is 0 Å². The number of methoxy groups -OCH3 is 1. The number of halogens is 1. The fraction of sp³-hybridized carbons (Fsp3) is 0.706. The van der Waals surface area contributed by atoms with Crippen LogP contribution in [-0.4, -0.2) is 32.8 Å². The molecule has 0 aliphatic heterocycles. The molecule has 0 radical (unpaired) electrons. The first-order chi connectivity index (χ1) is 10.1. The summed E-state index contributed by atoms with van der Waals surface area (Å²) in [6.45, 7) is 11.1. The maximum atomic E-state index is 11.2. The van der Waals surface area contributed by atoms with Crippen molar-refractivity contribution < 1.29 is 14.0 Å². The summed E-state index contributed by atoms with van der Waals surface area (Å²) in [4.78, 5) is 11.2. The SMILES string of the molecule is COC(=O)CCC[C@@H](C#C/C=C/CBr)O[Si](C)(C)C(C)(C)C. The minimum Gasteiger partial charge on any atom is -0.469 e. The lowest BCUT2D eigenvalue weighted by Crippen LogP contribution is -2.43. The lowest BCUT2D eigenvalue weighted by molar-refractivity contribution is -0.140. The maximum absolute atomic E-state index is 11.2. The fourth-order valence-electron chi connectivity index (χ4n) is 1.47. The molecule has 0 aromatic carbocycles. The van der Waals surface area contributed by atoms with E-state index in [0.717, 1.165) is 18.2 Å². The Bertz CT molecular complexity index is 427. The Labute approximate surface area is 145 Å². The Balaban J connectivity index is 4.81. The van der Waals surface area contributed by atoms with Gasteiger partial charge in [0.1, 0.15) is 6.10 Å². The van der Waals surface area contributed by atoms with Gasteiger partial charge < -0.3 is 9.16 Å². The van der Waals surface area contributed by atoms with E-state index in [1.807, 2.05) is 12.2 Å². The van der Waals surface area contributed by atoms with E-state index in [9.17, 15) is 4.79 Å². The number of rotatable bonds is 7. The molecule has 0 aromatic heterocycles. The predicted octanol–water partition coefficient (Wildman–Crippen LogP) is 4.67. The van der Waals surface area contributed by atoms with Gasteiger partial charge in [-0.2, -0.15) is 0 Å². The number of ether oxygens (including phenoxy) is 1. The molecule has 0 N–H and O–H groups in total. The molecule has 1 atom stereocenters. The molecule has 0 saturated carbocycles. The minimum absolute atomic E-state index is 0.134. The van der Waals surface area contributed by atoms with Crippen molar-refractivity contribution in [1.29, 1.82) is 0 Å². The zero-order valence-electron chi connectivity index (χ0n) is 14.7. The number of esters is 1. The number of alkyl halides is 1. The molecule has 0 amide bonds. The van der Waals surface area contributed by atoms with Crippen molar-refractivity contribution in [2.45, 2.75) is 64.3 Å². The van der Waals surface area contributed by atoms with Crippen LogP contribution in [0.3, 0.4) is 0 Å². The van der Waals surface area contributed by atoms with Crippen molar-refractivity contribution in [3.05, 3.63) is 12.2 Å². The second-order valence-corrected chi connectivity index (χ2v) is 12.1. The van der Waals surface area contributed by atoms with Crippen molar-refractivity contribution in [2.24, 2.45) is 0 Å². The third kappa shape index (κ3) is 8.77. The highest BCUT2D eigenvalue weighted by atomic mass is 79.9. The van der Waals surface area contributed by atoms with Crippen LogP contribution in [0.15, 0.2) is 12.2 Å². The monoisotopic (exact) mass is 388 g/mol. The second kappa shape index (κ2) is 10.2. The molecule has 126 valence electrons. The molecule has 3 nitrogen and oxygen atoms in total. The van der Waals surface area contributed by atoms with Crippen LogP contribution in [0, 0.1) is 11.8 Å². The summed E-state index contributed by atoms with van der Waals surface area (Å²) in [6, 6.07) is 0. The van der Waals surface area contributed by atoms with Crippen LogP contribution in [0.2, 0.25) is 18.1 Å². The number of hydrogen-bond acceptors (Lipinski definition) is 3. The summed E-state index contributed by atoms with van der Waals surface area (Å²) >= 11 is 3.33. The van der Waals surface area contributed by atoms with Gasteiger partial charge in [-0.05, 0) is 37.0 Å². The predicted molar refractivity (Wildman–Crippen MR) is 98.6 cm³/mol. The summed E-state index contributed by atoms with van der Waals surface area (Å²) in [7, 11) is -0.460. The number of hydrogen-bond donors (Lipinski definition) is 0. The lowest BCUT2D eigenvalue weighted by Gasteiger charge is -2.38. The standard InChI is InChI=1S/C17H29BrO3Si/c1-17(2,3)22(5,6)21-15(11-8-7-9-14-18)12-10-13-16(19)20-4/h7,9,15H,10,12-14H2,1-6H3/b9-7+/t15-/m1/s1. The van der Waals surface area contributed by atoms with E-state index in [4.69, 9.17) is 4.43 Å². The van der Waals surface area contributed by atoms with E-state index in [2.05, 4.69) is 66.4 Å². The highest BCUT2D eigenvalue weighted by Crippen LogP contribution is 2.37. The van der Waals surface area contributed by atoms with Crippen LogP contribution in [0.4, 0.5) is 0 Å². The quantitative estimate of drug-likeness (QED) is 0.275. The van der Waals surface area contributed by atoms with Crippen molar-refractivity contribution in [2.75, 3.05) is 12.4 Å². The van der Waals surface area contributed by atoms with Gasteiger partial charge in [0, 0.05) is 11.8 Å². The summed E-state index contributed by atoms with van der Waals surface area (Å²) in [5, 5.41) is 0.929. The summed E-state index contributed by atoms with van der Waals surface area (Å²) in [5.41, 5.74) is 0. The molecule has 0 unspecified atom stereocenters. The number of carbonyl (C=O) groups is 1. The Kier molecular flexibility index (Phi) is 9.98. The fourth-order valence-corrected chi connectivity index (χ4v) is 2.90. The third-order valence-corrected chi connectivity index (χ3v) is 8.71. The van der Waals surface area contributed by atoms with E-state index in [0.29, 0.717) is 6.42 Å². The molecule has 0 aliphatic rings. The van der Waals surface area contributed by atoms with Crippen LogP contribution in [0.5, 0.6) is 0 Å². The van der Waals surface area contributed by atoms with Crippen LogP contribution >= 0.6 is 15.9 Å². The zero-order valence-corrected chi connectivity index (χ0v) is 17.2. The molecule has 0 fully saturated rings. The van der Waals surface area contributed by atoms with Crippen molar-refractivity contribution in [3.8, 4) is 11.8 Å². The molecular formula is C17H29BrO3Si. The van der Waals surface area contributed by atoms with Crippen molar-refractivity contribution in [3.63, 3.8) is 0 Å². The van der Waals surface area contributed by atoms with Gasteiger partial charge in [0.15, 0.2) is 8.32 Å².